The summed E-state index contributed by atoms with van der Waals surface area (Å²) in [5.41, 5.74) is 2.48. The van der Waals surface area contributed by atoms with Gasteiger partial charge in [-0.15, -0.1) is 0 Å². The second-order valence-electron chi connectivity index (χ2n) is 4.65. The number of carbonyl (C=O) groups excluding carboxylic acids is 1. The van der Waals surface area contributed by atoms with E-state index in [0.717, 1.165) is 29.7 Å². The first-order chi connectivity index (χ1) is 9.52. The molecule has 0 heterocycles. The highest BCUT2D eigenvalue weighted by Gasteiger charge is 2.22. The van der Waals surface area contributed by atoms with Gasteiger partial charge in [-0.1, -0.05) is 0 Å². The summed E-state index contributed by atoms with van der Waals surface area (Å²) in [5.74, 6) is 0.196. The molecular weight excluding hydrogens is 260 g/mol. The van der Waals surface area contributed by atoms with Crippen molar-refractivity contribution in [3.05, 3.63) is 39.1 Å². The van der Waals surface area contributed by atoms with Crippen LogP contribution in [0.2, 0.25) is 0 Å². The van der Waals surface area contributed by atoms with Crippen LogP contribution in [0.25, 0.3) is 6.08 Å². The van der Waals surface area contributed by atoms with Crippen molar-refractivity contribution in [2.24, 2.45) is 0 Å². The molecule has 0 aliphatic heterocycles. The van der Waals surface area contributed by atoms with Gasteiger partial charge in [0.15, 0.2) is 0 Å². The third-order valence-electron chi connectivity index (χ3n) is 3.22. The largest absolute Gasteiger partial charge is 0.490 e. The number of ether oxygens (including phenoxy) is 1. The van der Waals surface area contributed by atoms with E-state index in [1.807, 2.05) is 6.08 Å². The number of nitrogens with one attached hydrogen (secondary N) is 1. The standard InChI is InChI=1S/C14H16N2O4/c1-9(17)15-11-4-3-5-12-10(8-11)6-7-13(16(18)19)14(12)20-2/h6-8H,3-5H2,1-2H3,(H,15,17). The zero-order valence-corrected chi connectivity index (χ0v) is 11.4. The zero-order valence-electron chi connectivity index (χ0n) is 11.4. The van der Waals surface area contributed by atoms with Crippen LogP contribution < -0.4 is 10.1 Å². The maximum Gasteiger partial charge on any atom is 0.311 e. The molecule has 20 heavy (non-hydrogen) atoms. The number of carbonyl (C=O) groups is 1. The van der Waals surface area contributed by atoms with Crippen LogP contribution in [0.15, 0.2) is 17.8 Å². The number of nitro benzene ring substituents is 1. The Hall–Kier alpha value is -2.37. The molecule has 0 atom stereocenters. The summed E-state index contributed by atoms with van der Waals surface area (Å²) in [6.45, 7) is 1.46. The van der Waals surface area contributed by atoms with Gasteiger partial charge in [0.25, 0.3) is 0 Å². The van der Waals surface area contributed by atoms with Crippen molar-refractivity contribution < 1.29 is 14.5 Å². The van der Waals surface area contributed by atoms with Crippen molar-refractivity contribution in [2.45, 2.75) is 26.2 Å². The Kier molecular flexibility index (Phi) is 4.02. The van der Waals surface area contributed by atoms with E-state index >= 15 is 0 Å². The molecule has 0 aromatic heterocycles. The lowest BCUT2D eigenvalue weighted by Crippen LogP contribution is -2.18. The van der Waals surface area contributed by atoms with Crippen LogP contribution in [0.4, 0.5) is 5.69 Å². The Morgan fingerprint density at radius 1 is 1.40 bits per heavy atom. The van der Waals surface area contributed by atoms with Crippen LogP contribution in [0.3, 0.4) is 0 Å². The van der Waals surface area contributed by atoms with Gasteiger partial charge in [-0.05, 0) is 37.0 Å². The number of nitrogens with zero attached hydrogens (tertiary/aromatic N) is 1. The van der Waals surface area contributed by atoms with E-state index in [-0.39, 0.29) is 11.6 Å². The molecule has 1 aromatic carbocycles. The van der Waals surface area contributed by atoms with Gasteiger partial charge < -0.3 is 10.1 Å². The summed E-state index contributed by atoms with van der Waals surface area (Å²) in [4.78, 5) is 21.7. The molecule has 0 spiro atoms. The van der Waals surface area contributed by atoms with Gasteiger partial charge in [-0.3, -0.25) is 14.9 Å². The average Bonchev–Trinajstić information content (AvgIpc) is 2.57. The van der Waals surface area contributed by atoms with Gasteiger partial charge in [0, 0.05) is 24.3 Å². The normalized spacial score (nSPS) is 13.8. The first-order valence-corrected chi connectivity index (χ1v) is 6.35. The van der Waals surface area contributed by atoms with Crippen LogP contribution in [0, 0.1) is 10.1 Å². The van der Waals surface area contributed by atoms with Crippen LogP contribution >= 0.6 is 0 Å². The quantitative estimate of drug-likeness (QED) is 0.679. The molecule has 0 bridgehead atoms. The summed E-state index contributed by atoms with van der Waals surface area (Å²) in [6, 6.07) is 3.13. The highest BCUT2D eigenvalue weighted by atomic mass is 16.6. The molecule has 0 fully saturated rings. The molecule has 0 saturated carbocycles. The number of amides is 1. The molecule has 0 saturated heterocycles. The van der Waals surface area contributed by atoms with Gasteiger partial charge in [0.2, 0.25) is 11.7 Å². The molecular formula is C14H16N2O4. The number of fused-ring (bicyclic) bond motifs is 1. The van der Waals surface area contributed by atoms with Crippen molar-refractivity contribution in [3.63, 3.8) is 0 Å². The molecule has 6 nitrogen and oxygen atoms in total. The first-order valence-electron chi connectivity index (χ1n) is 6.35. The Morgan fingerprint density at radius 2 is 2.15 bits per heavy atom. The highest BCUT2D eigenvalue weighted by Crippen LogP contribution is 2.36. The van der Waals surface area contributed by atoms with E-state index in [2.05, 4.69) is 5.32 Å². The van der Waals surface area contributed by atoms with Crippen molar-refractivity contribution in [3.8, 4) is 5.75 Å². The molecule has 1 aliphatic carbocycles. The van der Waals surface area contributed by atoms with E-state index in [0.29, 0.717) is 12.2 Å². The fourth-order valence-electron chi connectivity index (χ4n) is 2.44. The lowest BCUT2D eigenvalue weighted by Gasteiger charge is -2.10. The van der Waals surface area contributed by atoms with E-state index < -0.39 is 4.92 Å². The lowest BCUT2D eigenvalue weighted by molar-refractivity contribution is -0.385. The summed E-state index contributed by atoms with van der Waals surface area (Å²) in [5, 5.41) is 13.8. The molecule has 0 radical (unpaired) electrons. The van der Waals surface area contributed by atoms with Gasteiger partial charge >= 0.3 is 5.69 Å². The number of nitro groups is 1. The van der Waals surface area contributed by atoms with Gasteiger partial charge in [-0.25, -0.2) is 0 Å². The molecule has 106 valence electrons. The second-order valence-corrected chi connectivity index (χ2v) is 4.65. The van der Waals surface area contributed by atoms with Crippen molar-refractivity contribution in [1.29, 1.82) is 0 Å². The Morgan fingerprint density at radius 3 is 2.75 bits per heavy atom. The molecule has 1 amide bonds. The summed E-state index contributed by atoms with van der Waals surface area (Å²) < 4.78 is 5.22. The Labute approximate surface area is 116 Å². The summed E-state index contributed by atoms with van der Waals surface area (Å²) in [6.07, 6.45) is 4.07. The minimum atomic E-state index is -0.442. The van der Waals surface area contributed by atoms with Crippen LogP contribution in [-0.4, -0.2) is 17.9 Å². The SMILES string of the molecule is COc1c([N+](=O)[O-])ccc2c1CCCC(NC(C)=O)=C2. The monoisotopic (exact) mass is 276 g/mol. The summed E-state index contributed by atoms with van der Waals surface area (Å²) >= 11 is 0. The summed E-state index contributed by atoms with van der Waals surface area (Å²) in [7, 11) is 1.44. The van der Waals surface area contributed by atoms with E-state index in [1.54, 1.807) is 6.07 Å². The fraction of sp³-hybridized carbons (Fsp3) is 0.357. The number of methoxy groups -OCH3 is 1. The fourth-order valence-corrected chi connectivity index (χ4v) is 2.44. The molecule has 2 rings (SSSR count). The van der Waals surface area contributed by atoms with Crippen molar-refractivity contribution >= 4 is 17.7 Å². The topological polar surface area (TPSA) is 81.5 Å². The Bertz CT molecular complexity index is 593. The molecule has 1 N–H and O–H groups in total. The maximum absolute atomic E-state index is 11.1. The number of benzene rings is 1. The van der Waals surface area contributed by atoms with Crippen molar-refractivity contribution in [1.82, 2.24) is 5.32 Å². The molecule has 0 unspecified atom stereocenters. The lowest BCUT2D eigenvalue weighted by atomic mass is 10.0. The van der Waals surface area contributed by atoms with Crippen LogP contribution in [0.1, 0.15) is 30.9 Å². The molecule has 1 aliphatic rings. The van der Waals surface area contributed by atoms with Crippen LogP contribution in [-0.2, 0) is 11.2 Å². The zero-order chi connectivity index (χ0) is 14.7. The first kappa shape index (κ1) is 14.0. The van der Waals surface area contributed by atoms with Crippen LogP contribution in [0.5, 0.6) is 5.75 Å². The predicted octanol–water partition coefficient (Wildman–Crippen LogP) is 2.42. The maximum atomic E-state index is 11.1. The van der Waals surface area contributed by atoms with E-state index in [1.165, 1.54) is 20.1 Å². The smallest absolute Gasteiger partial charge is 0.311 e. The average molecular weight is 276 g/mol. The minimum absolute atomic E-state index is 0.0253. The molecule has 6 heteroatoms. The predicted molar refractivity (Wildman–Crippen MR) is 74.4 cm³/mol. The number of hydrogen-bond acceptors (Lipinski definition) is 4. The number of allylic oxidation sites excluding steroid dienone is 1. The van der Waals surface area contributed by atoms with Gasteiger partial charge in [0.05, 0.1) is 12.0 Å². The number of rotatable bonds is 3. The van der Waals surface area contributed by atoms with Gasteiger partial charge in [0.1, 0.15) is 0 Å². The third kappa shape index (κ3) is 2.79. The second kappa shape index (κ2) is 5.73. The minimum Gasteiger partial charge on any atom is -0.490 e. The molecule has 1 aromatic rings. The van der Waals surface area contributed by atoms with Gasteiger partial charge in [-0.2, -0.15) is 0 Å². The number of hydrogen-bond donors (Lipinski definition) is 1. The van der Waals surface area contributed by atoms with E-state index in [4.69, 9.17) is 4.74 Å². The van der Waals surface area contributed by atoms with E-state index in [9.17, 15) is 14.9 Å². The van der Waals surface area contributed by atoms with Crippen molar-refractivity contribution in [2.75, 3.05) is 7.11 Å². The third-order valence-corrected chi connectivity index (χ3v) is 3.22. The Balaban J connectivity index is 2.50. The highest BCUT2D eigenvalue weighted by molar-refractivity contribution is 5.77.